The maximum Gasteiger partial charge on any atom is 0.732 e. The van der Waals surface area contributed by atoms with Crippen molar-refractivity contribution in [3.63, 3.8) is 0 Å². The number of aromatic nitrogens is 2. The van der Waals surface area contributed by atoms with Crippen LogP contribution in [0.1, 0.15) is 27.7 Å². The number of hydrogen-bond acceptors (Lipinski definition) is 2. The smallest absolute Gasteiger partial charge is 0.505 e. The monoisotopic (exact) mass is 335 g/mol. The molecule has 1 aromatic heterocycles. The Hall–Kier alpha value is -2.11. The van der Waals surface area contributed by atoms with Gasteiger partial charge in [0.2, 0.25) is 0 Å². The van der Waals surface area contributed by atoms with E-state index >= 15 is 0 Å². The van der Waals surface area contributed by atoms with Crippen LogP contribution >= 0.6 is 0 Å². The summed E-state index contributed by atoms with van der Waals surface area (Å²) < 4.78 is 13.2. The van der Waals surface area contributed by atoms with E-state index in [9.17, 15) is 0 Å². The minimum absolute atomic E-state index is 0.216. The molecule has 4 rings (SSSR count). The third kappa shape index (κ3) is 2.59. The lowest BCUT2D eigenvalue weighted by molar-refractivity contribution is -0.0705. The van der Waals surface area contributed by atoms with Gasteiger partial charge >= 0.3 is 7.12 Å². The maximum absolute atomic E-state index is 6.22. The number of aryl methyl sites for hydroxylation is 1. The molecule has 1 saturated heterocycles. The van der Waals surface area contributed by atoms with Crippen LogP contribution in [-0.4, -0.2) is 32.5 Å². The van der Waals surface area contributed by atoms with Crippen LogP contribution in [0.15, 0.2) is 48.5 Å². The SMILES string of the molecule is Cn1c(-c2ccccc2)nc2cc(B3OC(C)(C)C(C)(C)[OH+]3)ccc21. The zero-order valence-electron chi connectivity index (χ0n) is 15.4. The summed E-state index contributed by atoms with van der Waals surface area (Å²) in [5.41, 5.74) is 3.76. The molecule has 1 aliphatic rings. The van der Waals surface area contributed by atoms with Crippen LogP contribution in [0, 0.1) is 0 Å². The fourth-order valence-corrected chi connectivity index (χ4v) is 3.26. The lowest BCUT2D eigenvalue weighted by Crippen LogP contribution is -2.43. The summed E-state index contributed by atoms with van der Waals surface area (Å²) in [5.74, 6) is 0.970. The van der Waals surface area contributed by atoms with Gasteiger partial charge in [0.25, 0.3) is 0 Å². The van der Waals surface area contributed by atoms with Gasteiger partial charge in [0.1, 0.15) is 11.4 Å². The number of hydrogen-bond donors (Lipinski definition) is 0. The van der Waals surface area contributed by atoms with Gasteiger partial charge in [-0.05, 0) is 26.0 Å². The highest BCUT2D eigenvalue weighted by molar-refractivity contribution is 6.61. The lowest BCUT2D eigenvalue weighted by Gasteiger charge is -2.28. The van der Waals surface area contributed by atoms with E-state index < -0.39 is 0 Å². The second-order valence-electron chi connectivity index (χ2n) is 7.78. The van der Waals surface area contributed by atoms with E-state index in [0.717, 1.165) is 27.9 Å². The van der Waals surface area contributed by atoms with Crippen molar-refractivity contribution in [1.29, 1.82) is 0 Å². The summed E-state index contributed by atoms with van der Waals surface area (Å²) in [6, 6.07) is 16.6. The second kappa shape index (κ2) is 5.45. The van der Waals surface area contributed by atoms with Crippen molar-refractivity contribution < 1.29 is 9.31 Å². The largest absolute Gasteiger partial charge is 0.732 e. The van der Waals surface area contributed by atoms with Crippen molar-refractivity contribution in [3.8, 4) is 11.4 Å². The van der Waals surface area contributed by atoms with Crippen molar-refractivity contribution in [1.82, 2.24) is 9.55 Å². The molecule has 0 atom stereocenters. The molecule has 128 valence electrons. The van der Waals surface area contributed by atoms with Gasteiger partial charge in [0, 0.05) is 26.5 Å². The van der Waals surface area contributed by atoms with E-state index in [1.165, 1.54) is 0 Å². The van der Waals surface area contributed by atoms with Crippen LogP contribution in [0.25, 0.3) is 22.4 Å². The standard InChI is InChI=1S/C20H23BN2O2/c1-19(2)20(3,4)25-21(24-19)15-11-12-17-16(13-15)22-18(23(17)5)14-9-7-6-8-10-14/h6-13H,1-5H3/p+1. The Morgan fingerprint density at radius 1 is 1.04 bits per heavy atom. The van der Waals surface area contributed by atoms with Gasteiger partial charge in [-0.15, -0.1) is 0 Å². The van der Waals surface area contributed by atoms with Crippen LogP contribution in [0.4, 0.5) is 0 Å². The second-order valence-corrected chi connectivity index (χ2v) is 7.78. The fourth-order valence-electron chi connectivity index (χ4n) is 3.26. The Kier molecular flexibility index (Phi) is 3.57. The third-order valence-electron chi connectivity index (χ3n) is 5.54. The number of fused-ring (bicyclic) bond motifs is 1. The molecule has 2 aromatic carbocycles. The molecular formula is C20H24BN2O2+. The highest BCUT2D eigenvalue weighted by atomic mass is 16.7. The first kappa shape index (κ1) is 16.4. The molecule has 0 unspecified atom stereocenters. The molecule has 1 fully saturated rings. The zero-order chi connectivity index (χ0) is 17.8. The van der Waals surface area contributed by atoms with Gasteiger partial charge in [0.05, 0.1) is 16.5 Å². The molecule has 0 saturated carbocycles. The quantitative estimate of drug-likeness (QED) is 0.533. The Balaban J connectivity index is 1.75. The van der Waals surface area contributed by atoms with Crippen molar-refractivity contribution in [2.75, 3.05) is 0 Å². The molecule has 1 aliphatic heterocycles. The van der Waals surface area contributed by atoms with Gasteiger partial charge < -0.3 is 13.9 Å². The summed E-state index contributed by atoms with van der Waals surface area (Å²) in [4.78, 5) is 4.85. The van der Waals surface area contributed by atoms with Gasteiger partial charge in [-0.1, -0.05) is 36.4 Å². The molecule has 0 spiro atoms. The Bertz CT molecular complexity index is 916. The molecule has 2 heterocycles. The van der Waals surface area contributed by atoms with E-state index in [1.54, 1.807) is 0 Å². The van der Waals surface area contributed by atoms with Crippen molar-refractivity contribution in [2.45, 2.75) is 38.9 Å². The van der Waals surface area contributed by atoms with E-state index in [0.29, 0.717) is 0 Å². The van der Waals surface area contributed by atoms with Crippen molar-refractivity contribution >= 4 is 23.6 Å². The molecule has 0 amide bonds. The van der Waals surface area contributed by atoms with Crippen LogP contribution in [0.2, 0.25) is 0 Å². The number of aliphatic hydroxyl groups is 1. The van der Waals surface area contributed by atoms with E-state index in [1.807, 2.05) is 18.2 Å². The Morgan fingerprint density at radius 3 is 2.40 bits per heavy atom. The van der Waals surface area contributed by atoms with E-state index in [4.69, 9.17) is 14.3 Å². The molecule has 0 bridgehead atoms. The van der Waals surface area contributed by atoms with E-state index in [2.05, 4.69) is 69.6 Å². The fraction of sp³-hybridized carbons (Fsp3) is 0.350. The third-order valence-corrected chi connectivity index (χ3v) is 5.54. The van der Waals surface area contributed by atoms with Gasteiger partial charge in [0.15, 0.2) is 5.60 Å². The number of rotatable bonds is 2. The molecule has 3 aromatic rings. The first-order valence-corrected chi connectivity index (χ1v) is 8.70. The van der Waals surface area contributed by atoms with Crippen LogP contribution in [0.5, 0.6) is 0 Å². The summed E-state index contributed by atoms with van der Waals surface area (Å²) in [7, 11) is 1.82. The Labute approximate surface area is 148 Å². The molecule has 4 nitrogen and oxygen atoms in total. The number of imidazole rings is 1. The maximum atomic E-state index is 6.22. The van der Waals surface area contributed by atoms with Crippen LogP contribution < -0.4 is 5.46 Å². The molecule has 5 heteroatoms. The number of benzene rings is 2. The highest BCUT2D eigenvalue weighted by Crippen LogP contribution is 2.34. The van der Waals surface area contributed by atoms with Crippen molar-refractivity contribution in [2.24, 2.45) is 7.05 Å². The predicted octanol–water partition coefficient (Wildman–Crippen LogP) is 3.05. The highest BCUT2D eigenvalue weighted by Gasteiger charge is 2.59. The molecule has 0 aliphatic carbocycles. The first-order valence-electron chi connectivity index (χ1n) is 8.70. The molecule has 1 N–H and O–H groups in total. The summed E-state index contributed by atoms with van der Waals surface area (Å²) in [5, 5.41) is 0. The van der Waals surface area contributed by atoms with Crippen LogP contribution in [-0.2, 0) is 11.7 Å². The minimum Gasteiger partial charge on any atom is -0.505 e. The Morgan fingerprint density at radius 2 is 1.76 bits per heavy atom. The summed E-state index contributed by atoms with van der Waals surface area (Å²) in [6.45, 7) is 8.45. The topological polar surface area (TPSA) is 39.9 Å². The van der Waals surface area contributed by atoms with Gasteiger partial charge in [-0.25, -0.2) is 4.98 Å². The average molecular weight is 335 g/mol. The van der Waals surface area contributed by atoms with Gasteiger partial charge in [-0.3, -0.25) is 0 Å². The summed E-state index contributed by atoms with van der Waals surface area (Å²) >= 11 is 0. The van der Waals surface area contributed by atoms with Gasteiger partial charge in [-0.2, -0.15) is 0 Å². The molecular weight excluding hydrogens is 311 g/mol. The zero-order valence-corrected chi connectivity index (χ0v) is 15.4. The molecule has 0 radical (unpaired) electrons. The predicted molar refractivity (Wildman–Crippen MR) is 103 cm³/mol. The van der Waals surface area contributed by atoms with Crippen molar-refractivity contribution in [3.05, 3.63) is 48.5 Å². The average Bonchev–Trinajstić information content (AvgIpc) is 3.01. The first-order chi connectivity index (χ1) is 11.8. The minimum atomic E-state index is -0.286. The lowest BCUT2D eigenvalue weighted by atomic mass is 9.79. The van der Waals surface area contributed by atoms with Crippen LogP contribution in [0.3, 0.4) is 0 Å². The van der Waals surface area contributed by atoms with E-state index in [-0.39, 0.29) is 18.3 Å². The summed E-state index contributed by atoms with van der Waals surface area (Å²) in [6.07, 6.45) is 0. The number of nitrogens with zero attached hydrogens (tertiary/aromatic N) is 2. The molecule has 25 heavy (non-hydrogen) atoms. The normalized spacial score (nSPS) is 18.8.